The normalized spacial score (nSPS) is 10.2. The summed E-state index contributed by atoms with van der Waals surface area (Å²) in [7, 11) is 0. The van der Waals surface area contributed by atoms with Gasteiger partial charge in [-0.15, -0.1) is 0 Å². The molecule has 0 aliphatic carbocycles. The first kappa shape index (κ1) is 15.6. The minimum absolute atomic E-state index is 0.273. The maximum Gasteiger partial charge on any atom is 0.257 e. The number of nitrogens with zero attached hydrogens (tertiary/aromatic N) is 2. The summed E-state index contributed by atoms with van der Waals surface area (Å²) >= 11 is 0. The number of carbonyl (C=O) groups is 1. The van der Waals surface area contributed by atoms with Crippen LogP contribution < -0.4 is 10.6 Å². The number of anilines is 3. The minimum atomic E-state index is -0.628. The van der Waals surface area contributed by atoms with Crippen LogP contribution in [0, 0.1) is 12.9 Å². The highest BCUT2D eigenvalue weighted by Crippen LogP contribution is 2.25. The molecule has 1 amide bonds. The van der Waals surface area contributed by atoms with Crippen LogP contribution in [0.1, 0.15) is 15.9 Å². The van der Waals surface area contributed by atoms with Crippen molar-refractivity contribution in [3.05, 3.63) is 78.1 Å². The van der Waals surface area contributed by atoms with Gasteiger partial charge >= 0.3 is 0 Å². The van der Waals surface area contributed by atoms with E-state index in [1.165, 1.54) is 12.3 Å². The van der Waals surface area contributed by atoms with Gasteiger partial charge in [0, 0.05) is 18.1 Å². The molecular formula is C18H15FN4O. The number of hydrogen-bond donors (Lipinski definition) is 2. The van der Waals surface area contributed by atoms with Crippen LogP contribution in [0.4, 0.5) is 21.5 Å². The molecule has 0 bridgehead atoms. The second kappa shape index (κ2) is 6.87. The Kier molecular flexibility index (Phi) is 4.47. The predicted octanol–water partition coefficient (Wildman–Crippen LogP) is 3.92. The summed E-state index contributed by atoms with van der Waals surface area (Å²) in [5.74, 6) is -1.00. The Morgan fingerprint density at radius 2 is 1.79 bits per heavy atom. The SMILES string of the molecule is Cc1ccc(Nc2cnccc2NC(=O)c2ccc(F)nc2)cc1. The highest BCUT2D eigenvalue weighted by atomic mass is 19.1. The van der Waals surface area contributed by atoms with E-state index in [2.05, 4.69) is 20.6 Å². The van der Waals surface area contributed by atoms with Crippen molar-refractivity contribution in [2.75, 3.05) is 10.6 Å². The molecule has 2 heterocycles. The summed E-state index contributed by atoms with van der Waals surface area (Å²) in [6.07, 6.45) is 4.40. The van der Waals surface area contributed by atoms with Crippen molar-refractivity contribution < 1.29 is 9.18 Å². The second-order valence-corrected chi connectivity index (χ2v) is 5.24. The molecule has 3 rings (SSSR count). The third-order valence-electron chi connectivity index (χ3n) is 3.39. The molecule has 120 valence electrons. The first-order chi connectivity index (χ1) is 11.6. The van der Waals surface area contributed by atoms with Crippen molar-refractivity contribution in [1.29, 1.82) is 0 Å². The zero-order valence-corrected chi connectivity index (χ0v) is 13.0. The number of nitrogens with one attached hydrogen (secondary N) is 2. The van der Waals surface area contributed by atoms with Gasteiger partial charge in [-0.1, -0.05) is 17.7 Å². The zero-order chi connectivity index (χ0) is 16.9. The van der Waals surface area contributed by atoms with E-state index in [0.717, 1.165) is 17.3 Å². The fraction of sp³-hybridized carbons (Fsp3) is 0.0556. The Morgan fingerprint density at radius 1 is 1.00 bits per heavy atom. The minimum Gasteiger partial charge on any atom is -0.353 e. The number of benzene rings is 1. The Labute approximate surface area is 138 Å². The second-order valence-electron chi connectivity index (χ2n) is 5.24. The van der Waals surface area contributed by atoms with E-state index in [0.29, 0.717) is 11.4 Å². The molecule has 0 atom stereocenters. The van der Waals surface area contributed by atoms with Crippen LogP contribution in [0.15, 0.2) is 61.1 Å². The van der Waals surface area contributed by atoms with Gasteiger partial charge in [-0.25, -0.2) is 4.98 Å². The van der Waals surface area contributed by atoms with E-state index < -0.39 is 5.95 Å². The summed E-state index contributed by atoms with van der Waals surface area (Å²) in [6, 6.07) is 12.1. The van der Waals surface area contributed by atoms with Crippen LogP contribution in [0.3, 0.4) is 0 Å². The quantitative estimate of drug-likeness (QED) is 0.715. The molecule has 0 spiro atoms. The molecule has 2 aromatic heterocycles. The fourth-order valence-corrected chi connectivity index (χ4v) is 2.10. The van der Waals surface area contributed by atoms with Gasteiger partial charge in [0.1, 0.15) is 0 Å². The molecule has 0 saturated carbocycles. The summed E-state index contributed by atoms with van der Waals surface area (Å²) < 4.78 is 12.9. The maximum atomic E-state index is 12.9. The Morgan fingerprint density at radius 3 is 2.50 bits per heavy atom. The van der Waals surface area contributed by atoms with Gasteiger partial charge in [0.25, 0.3) is 5.91 Å². The molecule has 2 N–H and O–H groups in total. The van der Waals surface area contributed by atoms with Crippen LogP contribution >= 0.6 is 0 Å². The highest BCUT2D eigenvalue weighted by molar-refractivity contribution is 6.05. The van der Waals surface area contributed by atoms with E-state index >= 15 is 0 Å². The Balaban J connectivity index is 1.79. The molecule has 6 heteroatoms. The average molecular weight is 322 g/mol. The lowest BCUT2D eigenvalue weighted by Gasteiger charge is -2.12. The number of carbonyl (C=O) groups excluding carboxylic acids is 1. The lowest BCUT2D eigenvalue weighted by molar-refractivity contribution is 0.102. The Hall–Kier alpha value is -3.28. The van der Waals surface area contributed by atoms with Crippen molar-refractivity contribution in [3.63, 3.8) is 0 Å². The van der Waals surface area contributed by atoms with Crippen LogP contribution in [-0.2, 0) is 0 Å². The predicted molar refractivity (Wildman–Crippen MR) is 90.8 cm³/mol. The third-order valence-corrected chi connectivity index (χ3v) is 3.39. The van der Waals surface area contributed by atoms with Gasteiger partial charge in [0.2, 0.25) is 5.95 Å². The smallest absolute Gasteiger partial charge is 0.257 e. The molecule has 3 aromatic rings. The molecule has 0 fully saturated rings. The Bertz CT molecular complexity index is 848. The monoisotopic (exact) mass is 322 g/mol. The summed E-state index contributed by atoms with van der Waals surface area (Å²) in [5.41, 5.74) is 3.54. The number of aromatic nitrogens is 2. The number of aryl methyl sites for hydroxylation is 1. The van der Waals surface area contributed by atoms with Gasteiger partial charge in [-0.3, -0.25) is 9.78 Å². The topological polar surface area (TPSA) is 66.9 Å². The van der Waals surface area contributed by atoms with Crippen molar-refractivity contribution >= 4 is 23.0 Å². The van der Waals surface area contributed by atoms with Crippen LogP contribution in [0.5, 0.6) is 0 Å². The number of amides is 1. The number of pyridine rings is 2. The summed E-state index contributed by atoms with van der Waals surface area (Å²) in [6.45, 7) is 2.01. The summed E-state index contributed by atoms with van der Waals surface area (Å²) in [5, 5.41) is 5.99. The molecular weight excluding hydrogens is 307 g/mol. The molecule has 5 nitrogen and oxygen atoms in total. The third kappa shape index (κ3) is 3.73. The lowest BCUT2D eigenvalue weighted by atomic mass is 10.2. The summed E-state index contributed by atoms with van der Waals surface area (Å²) in [4.78, 5) is 19.8. The fourth-order valence-electron chi connectivity index (χ4n) is 2.10. The van der Waals surface area contributed by atoms with E-state index in [9.17, 15) is 9.18 Å². The molecule has 1 aromatic carbocycles. The molecule has 24 heavy (non-hydrogen) atoms. The first-order valence-electron chi connectivity index (χ1n) is 7.32. The number of hydrogen-bond acceptors (Lipinski definition) is 4. The van der Waals surface area contributed by atoms with Crippen molar-refractivity contribution in [2.24, 2.45) is 0 Å². The standard InChI is InChI=1S/C18H15FN4O/c1-12-2-5-14(6-3-12)22-16-11-20-9-8-15(16)23-18(24)13-4-7-17(19)21-10-13/h2-11,22H,1H3,(H,20,23,24). The van der Waals surface area contributed by atoms with Gasteiger partial charge in [-0.2, -0.15) is 4.39 Å². The molecule has 0 unspecified atom stereocenters. The maximum absolute atomic E-state index is 12.9. The molecule has 0 aliphatic heterocycles. The molecule has 0 radical (unpaired) electrons. The largest absolute Gasteiger partial charge is 0.353 e. The van der Waals surface area contributed by atoms with Gasteiger partial charge in [0.15, 0.2) is 0 Å². The average Bonchev–Trinajstić information content (AvgIpc) is 2.59. The zero-order valence-electron chi connectivity index (χ0n) is 13.0. The van der Waals surface area contributed by atoms with Crippen molar-refractivity contribution in [1.82, 2.24) is 9.97 Å². The number of rotatable bonds is 4. The number of halogens is 1. The van der Waals surface area contributed by atoms with Crippen molar-refractivity contribution in [2.45, 2.75) is 6.92 Å². The van der Waals surface area contributed by atoms with Gasteiger partial charge in [-0.05, 0) is 37.3 Å². The van der Waals surface area contributed by atoms with E-state index in [1.807, 2.05) is 31.2 Å². The van der Waals surface area contributed by atoms with E-state index in [1.54, 1.807) is 18.5 Å². The van der Waals surface area contributed by atoms with Gasteiger partial charge < -0.3 is 10.6 Å². The lowest BCUT2D eigenvalue weighted by Crippen LogP contribution is -2.13. The van der Waals surface area contributed by atoms with E-state index in [4.69, 9.17) is 0 Å². The van der Waals surface area contributed by atoms with Crippen LogP contribution in [-0.4, -0.2) is 15.9 Å². The van der Waals surface area contributed by atoms with Gasteiger partial charge in [0.05, 0.1) is 23.1 Å². The molecule has 0 aliphatic rings. The first-order valence-corrected chi connectivity index (χ1v) is 7.32. The van der Waals surface area contributed by atoms with E-state index in [-0.39, 0.29) is 11.5 Å². The molecule has 0 saturated heterocycles. The van der Waals surface area contributed by atoms with Crippen molar-refractivity contribution in [3.8, 4) is 0 Å². The van der Waals surface area contributed by atoms with Crippen LogP contribution in [0.2, 0.25) is 0 Å². The highest BCUT2D eigenvalue weighted by Gasteiger charge is 2.10. The van der Waals surface area contributed by atoms with Crippen LogP contribution in [0.25, 0.3) is 0 Å².